The second-order valence-corrected chi connectivity index (χ2v) is 10.3. The van der Waals surface area contributed by atoms with Gasteiger partial charge in [0, 0.05) is 26.6 Å². The summed E-state index contributed by atoms with van der Waals surface area (Å²) in [6, 6.07) is 2.00. The first-order chi connectivity index (χ1) is 15.3. The third-order valence-electron chi connectivity index (χ3n) is 6.46. The number of rotatable bonds is 8. The van der Waals surface area contributed by atoms with E-state index in [0.717, 1.165) is 54.2 Å². The minimum absolute atomic E-state index is 0.0602. The maximum atomic E-state index is 12.0. The zero-order valence-corrected chi connectivity index (χ0v) is 21.8. The van der Waals surface area contributed by atoms with Crippen LogP contribution in [0.5, 0.6) is 0 Å². The van der Waals surface area contributed by atoms with Crippen molar-refractivity contribution in [3.8, 4) is 0 Å². The highest BCUT2D eigenvalue weighted by Crippen LogP contribution is 2.33. The van der Waals surface area contributed by atoms with Gasteiger partial charge in [-0.25, -0.2) is 0 Å². The molecule has 0 saturated carbocycles. The first kappa shape index (κ1) is 26.5. The monoisotopic (exact) mass is 458 g/mol. The SMILES string of the molecule is CCCCCc1sc(CC2CCNCC2)c(C)c1C(C)=O.CCc1c(C)cc(C)[nH]c1=O. The first-order valence-corrected chi connectivity index (χ1v) is 13.1. The number of piperidine rings is 1. The highest BCUT2D eigenvalue weighted by atomic mass is 32.1. The Hall–Kier alpha value is -1.72. The molecule has 4 nitrogen and oxygen atoms in total. The molecule has 0 aromatic carbocycles. The van der Waals surface area contributed by atoms with Gasteiger partial charge >= 0.3 is 0 Å². The number of pyridine rings is 1. The number of aromatic amines is 1. The molecule has 0 aliphatic carbocycles. The Morgan fingerprint density at radius 3 is 2.34 bits per heavy atom. The van der Waals surface area contributed by atoms with Gasteiger partial charge in [0.25, 0.3) is 5.56 Å². The van der Waals surface area contributed by atoms with E-state index in [4.69, 9.17) is 0 Å². The Labute approximate surface area is 198 Å². The first-order valence-electron chi connectivity index (χ1n) is 12.3. The third kappa shape index (κ3) is 7.41. The standard InChI is InChI=1S/C18H29NOS.C9H13NO/c1-4-5-6-7-16-18(14(3)20)13(2)17(21-16)12-15-8-10-19-11-9-15;1-4-8-6(2)5-7(3)10-9(8)11/h15,19H,4-12H2,1-3H3;5H,4H2,1-3H3,(H,10,11). The summed E-state index contributed by atoms with van der Waals surface area (Å²) < 4.78 is 0. The van der Waals surface area contributed by atoms with Crippen LogP contribution in [0.25, 0.3) is 0 Å². The fourth-order valence-corrected chi connectivity index (χ4v) is 6.18. The van der Waals surface area contributed by atoms with E-state index in [-0.39, 0.29) is 11.3 Å². The molecule has 3 heterocycles. The molecule has 3 rings (SSSR count). The average molecular weight is 459 g/mol. The molecule has 1 aliphatic rings. The Kier molecular flexibility index (Phi) is 10.9. The number of nitrogens with one attached hydrogen (secondary N) is 2. The van der Waals surface area contributed by atoms with E-state index in [2.05, 4.69) is 24.1 Å². The van der Waals surface area contributed by atoms with Crippen molar-refractivity contribution in [3.05, 3.63) is 54.1 Å². The third-order valence-corrected chi connectivity index (χ3v) is 7.83. The van der Waals surface area contributed by atoms with Crippen molar-refractivity contribution in [2.45, 2.75) is 92.9 Å². The molecular weight excluding hydrogens is 416 g/mol. The normalized spacial score (nSPS) is 14.2. The minimum atomic E-state index is 0.0602. The van der Waals surface area contributed by atoms with Crippen molar-refractivity contribution in [1.82, 2.24) is 10.3 Å². The maximum absolute atomic E-state index is 12.0. The number of H-pyrrole nitrogens is 1. The number of aryl methyl sites for hydroxylation is 3. The van der Waals surface area contributed by atoms with Crippen LogP contribution in [0.3, 0.4) is 0 Å². The molecule has 2 aromatic heterocycles. The van der Waals surface area contributed by atoms with Crippen molar-refractivity contribution in [2.24, 2.45) is 5.92 Å². The minimum Gasteiger partial charge on any atom is -0.326 e. The van der Waals surface area contributed by atoms with Crippen LogP contribution in [0, 0.1) is 26.7 Å². The van der Waals surface area contributed by atoms with Crippen LogP contribution in [0.15, 0.2) is 10.9 Å². The zero-order chi connectivity index (χ0) is 23.7. The molecular formula is C27H42N2O2S. The van der Waals surface area contributed by atoms with Crippen molar-refractivity contribution in [1.29, 1.82) is 0 Å². The maximum Gasteiger partial charge on any atom is 0.251 e. The summed E-state index contributed by atoms with van der Waals surface area (Å²) in [7, 11) is 0. The van der Waals surface area contributed by atoms with Crippen LogP contribution >= 0.6 is 11.3 Å². The lowest BCUT2D eigenvalue weighted by Crippen LogP contribution is -2.28. The van der Waals surface area contributed by atoms with Gasteiger partial charge in [0.05, 0.1) is 0 Å². The number of Topliss-reactive ketones (excluding diaryl/α,β-unsaturated/α-hetero) is 1. The van der Waals surface area contributed by atoms with Gasteiger partial charge in [0.15, 0.2) is 5.78 Å². The van der Waals surface area contributed by atoms with Gasteiger partial charge in [-0.1, -0.05) is 26.7 Å². The van der Waals surface area contributed by atoms with E-state index in [1.165, 1.54) is 53.8 Å². The molecule has 2 N–H and O–H groups in total. The molecule has 0 spiro atoms. The van der Waals surface area contributed by atoms with Crippen LogP contribution in [0.1, 0.15) is 95.4 Å². The molecule has 0 atom stereocenters. The number of thiophene rings is 1. The van der Waals surface area contributed by atoms with Gasteiger partial charge < -0.3 is 10.3 Å². The highest BCUT2D eigenvalue weighted by molar-refractivity contribution is 7.12. The molecule has 2 aromatic rings. The number of unbranched alkanes of at least 4 members (excludes halogenated alkanes) is 2. The van der Waals surface area contributed by atoms with Crippen molar-refractivity contribution < 1.29 is 4.79 Å². The fraction of sp³-hybridized carbons (Fsp3) is 0.630. The molecule has 0 unspecified atom stereocenters. The number of aromatic nitrogens is 1. The Morgan fingerprint density at radius 2 is 1.78 bits per heavy atom. The summed E-state index contributed by atoms with van der Waals surface area (Å²) in [6.07, 6.45) is 9.33. The van der Waals surface area contributed by atoms with Gasteiger partial charge in [-0.15, -0.1) is 11.3 Å². The van der Waals surface area contributed by atoms with Gasteiger partial charge in [-0.05, 0) is 102 Å². The number of hydrogen-bond donors (Lipinski definition) is 2. The summed E-state index contributed by atoms with van der Waals surface area (Å²) in [4.78, 5) is 28.8. The molecule has 5 heteroatoms. The van der Waals surface area contributed by atoms with Crippen LogP contribution in [0.2, 0.25) is 0 Å². The number of hydrogen-bond acceptors (Lipinski definition) is 4. The number of ketones is 1. The van der Waals surface area contributed by atoms with Gasteiger partial charge in [-0.3, -0.25) is 9.59 Å². The lowest BCUT2D eigenvalue weighted by Gasteiger charge is -2.22. The smallest absolute Gasteiger partial charge is 0.251 e. The van der Waals surface area contributed by atoms with E-state index >= 15 is 0 Å². The summed E-state index contributed by atoms with van der Waals surface area (Å²) in [5.41, 5.74) is 5.30. The van der Waals surface area contributed by atoms with E-state index in [1.54, 1.807) is 6.92 Å². The zero-order valence-electron chi connectivity index (χ0n) is 21.0. The van der Waals surface area contributed by atoms with E-state index in [9.17, 15) is 9.59 Å². The van der Waals surface area contributed by atoms with Crippen LogP contribution < -0.4 is 10.9 Å². The molecule has 178 valence electrons. The van der Waals surface area contributed by atoms with E-state index < -0.39 is 0 Å². The Balaban J connectivity index is 0.000000278. The lowest BCUT2D eigenvalue weighted by atomic mass is 9.92. The number of carbonyl (C=O) groups excluding carboxylic acids is 1. The molecule has 32 heavy (non-hydrogen) atoms. The molecule has 1 fully saturated rings. The quantitative estimate of drug-likeness (QED) is 0.372. The molecule has 0 bridgehead atoms. The van der Waals surface area contributed by atoms with Gasteiger partial charge in [0.2, 0.25) is 0 Å². The lowest BCUT2D eigenvalue weighted by molar-refractivity contribution is 0.101. The summed E-state index contributed by atoms with van der Waals surface area (Å²) in [5, 5.41) is 3.43. The van der Waals surface area contributed by atoms with Gasteiger partial charge in [-0.2, -0.15) is 0 Å². The van der Waals surface area contributed by atoms with Crippen LogP contribution in [-0.4, -0.2) is 23.9 Å². The Bertz CT molecular complexity index is 936. The second kappa shape index (κ2) is 13.1. The van der Waals surface area contributed by atoms with Crippen molar-refractivity contribution in [2.75, 3.05) is 13.1 Å². The number of carbonyl (C=O) groups is 1. The topological polar surface area (TPSA) is 62.0 Å². The Morgan fingerprint density at radius 1 is 1.09 bits per heavy atom. The molecule has 1 saturated heterocycles. The average Bonchev–Trinajstić information content (AvgIpc) is 3.04. The molecule has 0 radical (unpaired) electrons. The predicted octanol–water partition coefficient (Wildman–Crippen LogP) is 6.09. The summed E-state index contributed by atoms with van der Waals surface area (Å²) in [5.74, 6) is 1.05. The summed E-state index contributed by atoms with van der Waals surface area (Å²) >= 11 is 1.92. The van der Waals surface area contributed by atoms with Crippen LogP contribution in [-0.2, 0) is 19.3 Å². The van der Waals surface area contributed by atoms with E-state index in [1.807, 2.05) is 38.2 Å². The molecule has 1 aliphatic heterocycles. The summed E-state index contributed by atoms with van der Waals surface area (Å²) in [6.45, 7) is 14.3. The van der Waals surface area contributed by atoms with Crippen LogP contribution in [0.4, 0.5) is 0 Å². The molecule has 0 amide bonds. The predicted molar refractivity (Wildman–Crippen MR) is 138 cm³/mol. The van der Waals surface area contributed by atoms with Crippen molar-refractivity contribution in [3.63, 3.8) is 0 Å². The van der Waals surface area contributed by atoms with E-state index in [0.29, 0.717) is 0 Å². The highest BCUT2D eigenvalue weighted by Gasteiger charge is 2.21. The fourth-order valence-electron chi connectivity index (χ4n) is 4.66. The van der Waals surface area contributed by atoms with Gasteiger partial charge in [0.1, 0.15) is 0 Å². The largest absolute Gasteiger partial charge is 0.326 e. The second-order valence-electron chi connectivity index (χ2n) is 9.16. The van der Waals surface area contributed by atoms with Crippen molar-refractivity contribution >= 4 is 17.1 Å².